The molecule has 61 heavy (non-hydrogen) atoms. The smallest absolute Gasteiger partial charge is 0.334 e. The summed E-state index contributed by atoms with van der Waals surface area (Å²) in [6.07, 6.45) is -0.279. The molecule has 14 nitrogen and oxygen atoms in total. The van der Waals surface area contributed by atoms with Gasteiger partial charge in [0, 0.05) is 18.1 Å². The monoisotopic (exact) mass is 861 g/mol. The zero-order valence-electron chi connectivity index (χ0n) is 34.6. The van der Waals surface area contributed by atoms with Crippen molar-refractivity contribution in [2.24, 2.45) is 0 Å². The third-order valence-corrected chi connectivity index (χ3v) is 16.8. The average molecular weight is 862 g/mol. The molecule has 316 valence electrons. The number of imidazole rings is 1. The Morgan fingerprint density at radius 1 is 0.951 bits per heavy atom. The van der Waals surface area contributed by atoms with Crippen LogP contribution in [-0.4, -0.2) is 73.3 Å². The van der Waals surface area contributed by atoms with Crippen LogP contribution in [0.1, 0.15) is 61.9 Å². The number of nitriles is 1. The number of nitrogens with one attached hydrogen (secondary N) is 1. The molecule has 0 amide bonds. The third-order valence-electron chi connectivity index (χ3n) is 10.5. The van der Waals surface area contributed by atoms with Gasteiger partial charge in [0.15, 0.2) is 23.1 Å². The lowest BCUT2D eigenvalue weighted by Gasteiger charge is -2.43. The predicted octanol–water partition coefficient (Wildman–Crippen LogP) is 7.18. The number of ketones is 1. The molecule has 6 aromatic rings. The van der Waals surface area contributed by atoms with E-state index in [0.717, 1.165) is 10.4 Å². The molecular formula is C45H48N5O9PSi. The average Bonchev–Trinajstić information content (AvgIpc) is 3.90. The minimum atomic E-state index is -3.07. The first-order chi connectivity index (χ1) is 29.6. The molecule has 3 heterocycles. The molecule has 0 spiro atoms. The van der Waals surface area contributed by atoms with E-state index in [1.165, 1.54) is 26.9 Å². The largest absolute Gasteiger partial charge is 0.497 e. The molecule has 1 aliphatic heterocycles. The van der Waals surface area contributed by atoms with Gasteiger partial charge < -0.3 is 32.7 Å². The zero-order chi connectivity index (χ0) is 43.0. The van der Waals surface area contributed by atoms with Gasteiger partial charge in [0.2, 0.25) is 0 Å². The van der Waals surface area contributed by atoms with Crippen molar-refractivity contribution in [3.05, 3.63) is 143 Å². The number of fused-ring (bicyclic) bond motifs is 1. The van der Waals surface area contributed by atoms with Crippen molar-refractivity contribution in [1.82, 2.24) is 19.5 Å². The second kappa shape index (κ2) is 19.4. The van der Waals surface area contributed by atoms with Crippen LogP contribution in [0.4, 0.5) is 0 Å². The molecule has 0 saturated carbocycles. The zero-order valence-corrected chi connectivity index (χ0v) is 36.5. The number of ether oxygens (including phenoxy) is 3. The Morgan fingerprint density at radius 3 is 2.16 bits per heavy atom. The van der Waals surface area contributed by atoms with Crippen molar-refractivity contribution in [2.45, 2.75) is 63.2 Å². The van der Waals surface area contributed by atoms with Crippen LogP contribution in [0.15, 0.2) is 127 Å². The number of H-pyrrole nitrogens is 1. The van der Waals surface area contributed by atoms with E-state index in [1.54, 1.807) is 47.0 Å². The molecule has 5 atom stereocenters. The SMILES string of the molecule is COc1cc(OC)cc(C(OP(OCCC#N)O[C@H]2C[C@H](n3cnc4c(=O)[nH]cnc43)O[C@@H]2CO[Si](c2ccccc2)(c2ccccc2)C(C)(C)C)C(=O)c2ccccc2)c1. The highest BCUT2D eigenvalue weighted by atomic mass is 31.2. The lowest BCUT2D eigenvalue weighted by Crippen LogP contribution is -2.67. The van der Waals surface area contributed by atoms with E-state index in [0.29, 0.717) is 28.3 Å². The lowest BCUT2D eigenvalue weighted by molar-refractivity contribution is -0.0395. The summed E-state index contributed by atoms with van der Waals surface area (Å²) in [6, 6.07) is 36.5. The normalized spacial score (nSPS) is 17.7. The Labute approximate surface area is 356 Å². The number of carbonyl (C=O) groups is 1. The summed E-state index contributed by atoms with van der Waals surface area (Å²) in [6.45, 7) is 6.64. The Balaban J connectivity index is 1.28. The number of rotatable bonds is 18. The first-order valence-corrected chi connectivity index (χ1v) is 22.8. The number of methoxy groups -OCH3 is 2. The highest BCUT2D eigenvalue weighted by molar-refractivity contribution is 7.41. The summed E-state index contributed by atoms with van der Waals surface area (Å²) in [4.78, 5) is 38.4. The summed E-state index contributed by atoms with van der Waals surface area (Å²) < 4.78 is 46.7. The van der Waals surface area contributed by atoms with Gasteiger partial charge in [-0.2, -0.15) is 5.26 Å². The van der Waals surface area contributed by atoms with Crippen LogP contribution in [0, 0.1) is 11.3 Å². The van der Waals surface area contributed by atoms with E-state index >= 15 is 0 Å². The molecule has 16 heteroatoms. The predicted molar refractivity (Wildman–Crippen MR) is 232 cm³/mol. The fourth-order valence-electron chi connectivity index (χ4n) is 7.62. The molecule has 2 unspecified atom stereocenters. The molecule has 1 saturated heterocycles. The van der Waals surface area contributed by atoms with Crippen molar-refractivity contribution >= 4 is 44.2 Å². The van der Waals surface area contributed by atoms with E-state index in [2.05, 4.69) is 66.1 Å². The van der Waals surface area contributed by atoms with Crippen LogP contribution in [0.2, 0.25) is 5.04 Å². The topological polar surface area (TPSA) is 169 Å². The summed E-state index contributed by atoms with van der Waals surface area (Å²) in [7, 11) is -2.38. The molecule has 0 radical (unpaired) electrons. The second-order valence-electron chi connectivity index (χ2n) is 15.4. The summed E-state index contributed by atoms with van der Waals surface area (Å²) in [5.41, 5.74) is 0.962. The van der Waals surface area contributed by atoms with Crippen LogP contribution in [0.5, 0.6) is 11.5 Å². The molecule has 4 aromatic carbocycles. The van der Waals surface area contributed by atoms with Crippen LogP contribution in [0.25, 0.3) is 11.2 Å². The van der Waals surface area contributed by atoms with Gasteiger partial charge in [-0.15, -0.1) is 0 Å². The quantitative estimate of drug-likeness (QED) is 0.0401. The van der Waals surface area contributed by atoms with Gasteiger partial charge >= 0.3 is 8.60 Å². The van der Waals surface area contributed by atoms with E-state index in [4.69, 9.17) is 32.2 Å². The van der Waals surface area contributed by atoms with E-state index < -0.39 is 41.5 Å². The Morgan fingerprint density at radius 2 is 1.57 bits per heavy atom. The van der Waals surface area contributed by atoms with Crippen molar-refractivity contribution < 1.29 is 37.0 Å². The minimum absolute atomic E-state index is 0.0328. The Hall–Kier alpha value is -5.56. The van der Waals surface area contributed by atoms with Crippen molar-refractivity contribution in [1.29, 1.82) is 5.26 Å². The molecular weight excluding hydrogens is 814 g/mol. The van der Waals surface area contributed by atoms with Crippen molar-refractivity contribution in [3.63, 3.8) is 0 Å². The summed E-state index contributed by atoms with van der Waals surface area (Å²) >= 11 is 0. The maximum atomic E-state index is 14.4. The number of nitrogens with zero attached hydrogens (tertiary/aromatic N) is 4. The molecule has 1 N–H and O–H groups in total. The van der Waals surface area contributed by atoms with Crippen LogP contribution in [0.3, 0.4) is 0 Å². The van der Waals surface area contributed by atoms with Crippen LogP contribution in [-0.2, 0) is 22.7 Å². The Kier molecular flexibility index (Phi) is 13.9. The van der Waals surface area contributed by atoms with Gasteiger partial charge in [0.25, 0.3) is 13.9 Å². The summed E-state index contributed by atoms with van der Waals surface area (Å²) in [5, 5.41) is 11.3. The molecule has 7 rings (SSSR count). The standard InChI is InChI=1S/C45H48N5O9PSi/c1-45(2,3)61(35-18-11-7-12-19-35,36-20-13-8-14-21-36)56-28-38-37(27-39(57-38)50-30-49-40-43(50)47-29-48-44(40)52)58-60(55-23-15-22-46)59-42(41(51)31-16-9-6-10-17-31)32-24-33(53-4)26-34(25-32)54-5/h6-14,16-21,24-26,29-30,37-39,42H,15,23,27-28H2,1-5H3,(H,47,48,52)/t37-,38+,39+,42?,60?/m0/s1. The molecule has 0 bridgehead atoms. The van der Waals surface area contributed by atoms with E-state index in [1.807, 2.05) is 42.5 Å². The first kappa shape index (κ1) is 43.5. The number of hydrogen-bond donors (Lipinski definition) is 1. The maximum Gasteiger partial charge on any atom is 0.334 e. The van der Waals surface area contributed by atoms with Crippen LogP contribution < -0.4 is 25.4 Å². The minimum Gasteiger partial charge on any atom is -0.497 e. The van der Waals surface area contributed by atoms with Gasteiger partial charge in [-0.3, -0.25) is 18.7 Å². The number of aromatic nitrogens is 4. The number of hydrogen-bond acceptors (Lipinski definition) is 12. The molecule has 0 aliphatic carbocycles. The van der Waals surface area contributed by atoms with Gasteiger partial charge in [0.05, 0.1) is 58.7 Å². The highest BCUT2D eigenvalue weighted by Gasteiger charge is 2.52. The number of benzene rings is 4. The molecule has 2 aromatic heterocycles. The number of aromatic amines is 1. The maximum absolute atomic E-state index is 14.4. The Bertz CT molecular complexity index is 2430. The lowest BCUT2D eigenvalue weighted by atomic mass is 9.99. The fourth-order valence-corrected chi connectivity index (χ4v) is 13.4. The van der Waals surface area contributed by atoms with E-state index in [-0.39, 0.29) is 48.0 Å². The van der Waals surface area contributed by atoms with Crippen LogP contribution >= 0.6 is 8.60 Å². The molecule has 1 aliphatic rings. The summed E-state index contributed by atoms with van der Waals surface area (Å²) in [5.74, 6) is 0.545. The van der Waals surface area contributed by atoms with Gasteiger partial charge in [-0.25, -0.2) is 9.97 Å². The van der Waals surface area contributed by atoms with Gasteiger partial charge in [-0.1, -0.05) is 112 Å². The molecule has 1 fully saturated rings. The van der Waals surface area contributed by atoms with Gasteiger partial charge in [0.1, 0.15) is 23.8 Å². The highest BCUT2D eigenvalue weighted by Crippen LogP contribution is 2.51. The van der Waals surface area contributed by atoms with Crippen molar-refractivity contribution in [3.8, 4) is 17.6 Å². The fraction of sp³-hybridized carbons (Fsp3) is 0.311. The third kappa shape index (κ3) is 9.51. The van der Waals surface area contributed by atoms with Crippen molar-refractivity contribution in [2.75, 3.05) is 27.4 Å². The first-order valence-electron chi connectivity index (χ1n) is 19.8. The van der Waals surface area contributed by atoms with Gasteiger partial charge in [-0.05, 0) is 33.1 Å². The number of carbonyl (C=O) groups excluding carboxylic acids is 1. The van der Waals surface area contributed by atoms with E-state index in [9.17, 15) is 14.9 Å². The number of Topliss-reactive ketones (excluding diaryl/α,β-unsaturated/α-hetero) is 1. The second-order valence-corrected chi connectivity index (χ2v) is 20.8.